The summed E-state index contributed by atoms with van der Waals surface area (Å²) in [5.74, 6) is 0.693. The molecule has 0 aliphatic heterocycles. The summed E-state index contributed by atoms with van der Waals surface area (Å²) < 4.78 is 12.8. The number of anilines is 1. The highest BCUT2D eigenvalue weighted by atomic mass is 127. The number of ether oxygens (including phenoxy) is 2. The van der Waals surface area contributed by atoms with Gasteiger partial charge in [0.1, 0.15) is 18.2 Å². The van der Waals surface area contributed by atoms with Gasteiger partial charge in [0.25, 0.3) is 5.91 Å². The van der Waals surface area contributed by atoms with E-state index in [-0.39, 0.29) is 5.57 Å². The molecule has 31 heavy (non-hydrogen) atoms. The zero-order valence-corrected chi connectivity index (χ0v) is 19.1. The molecule has 3 aromatic carbocycles. The van der Waals surface area contributed by atoms with Gasteiger partial charge in [0, 0.05) is 9.26 Å². The number of benzene rings is 3. The van der Waals surface area contributed by atoms with Crippen molar-refractivity contribution in [3.05, 3.63) is 93.1 Å². The molecule has 0 aliphatic rings. The number of nitrogens with one attached hydrogen (secondary N) is 1. The maximum Gasteiger partial charge on any atom is 0.266 e. The molecule has 0 bridgehead atoms. The van der Waals surface area contributed by atoms with Crippen molar-refractivity contribution < 1.29 is 14.3 Å². The van der Waals surface area contributed by atoms with Gasteiger partial charge in [0.2, 0.25) is 0 Å². The molecule has 0 aromatic heterocycles. The van der Waals surface area contributed by atoms with Gasteiger partial charge in [-0.2, -0.15) is 5.26 Å². The molecule has 3 rings (SSSR count). The summed E-state index contributed by atoms with van der Waals surface area (Å²) in [6.07, 6.45) is 1.53. The van der Waals surface area contributed by atoms with E-state index in [2.05, 4.69) is 27.9 Å². The van der Waals surface area contributed by atoms with Gasteiger partial charge in [-0.1, -0.05) is 36.4 Å². The van der Waals surface area contributed by atoms with Crippen molar-refractivity contribution in [2.24, 2.45) is 0 Å². The highest BCUT2D eigenvalue weighted by Gasteiger charge is 2.11. The van der Waals surface area contributed by atoms with E-state index in [1.54, 1.807) is 30.3 Å². The van der Waals surface area contributed by atoms with E-state index >= 15 is 0 Å². The second-order valence-corrected chi connectivity index (χ2v) is 7.79. The number of carbonyl (C=O) groups excluding carboxylic acids is 1. The summed E-state index contributed by atoms with van der Waals surface area (Å²) in [6, 6.07) is 24.4. The molecule has 1 N–H and O–H groups in total. The van der Waals surface area contributed by atoms with E-state index in [0.717, 1.165) is 9.13 Å². The lowest BCUT2D eigenvalue weighted by molar-refractivity contribution is -0.112. The Kier molecular flexibility index (Phi) is 8.07. The Labute approximate surface area is 195 Å². The van der Waals surface area contributed by atoms with Crippen LogP contribution in [-0.4, -0.2) is 12.5 Å². The predicted molar refractivity (Wildman–Crippen MR) is 130 cm³/mol. The van der Waals surface area contributed by atoms with Crippen molar-refractivity contribution in [1.82, 2.24) is 0 Å². The maximum atomic E-state index is 12.5. The van der Waals surface area contributed by atoms with Crippen LogP contribution in [0.1, 0.15) is 18.1 Å². The van der Waals surface area contributed by atoms with Gasteiger partial charge in [-0.05, 0) is 83.1 Å². The van der Waals surface area contributed by atoms with Gasteiger partial charge in [0.05, 0.1) is 6.61 Å². The summed E-state index contributed by atoms with van der Waals surface area (Å²) in [4.78, 5) is 12.5. The van der Waals surface area contributed by atoms with Crippen LogP contribution in [0.2, 0.25) is 0 Å². The van der Waals surface area contributed by atoms with Crippen molar-refractivity contribution in [1.29, 1.82) is 5.26 Å². The molecule has 0 radical (unpaired) electrons. The van der Waals surface area contributed by atoms with Gasteiger partial charge >= 0.3 is 0 Å². The van der Waals surface area contributed by atoms with Gasteiger partial charge in [-0.25, -0.2) is 0 Å². The summed E-state index contributed by atoms with van der Waals surface area (Å²) in [6.45, 7) is 2.77. The topological polar surface area (TPSA) is 71.3 Å². The van der Waals surface area contributed by atoms with Gasteiger partial charge < -0.3 is 14.8 Å². The molecular formula is C25H21IN2O3. The SMILES string of the molecule is CCOc1cc(/C=C(/C#N)C(=O)Nc2ccccc2)ccc1OCc1ccc(I)cc1. The summed E-state index contributed by atoms with van der Waals surface area (Å²) in [5, 5.41) is 12.2. The second kappa shape index (κ2) is 11.2. The molecule has 0 heterocycles. The molecule has 0 fully saturated rings. The number of hydrogen-bond acceptors (Lipinski definition) is 4. The molecule has 1 amide bonds. The lowest BCUT2D eigenvalue weighted by Crippen LogP contribution is -2.13. The first-order valence-electron chi connectivity index (χ1n) is 9.71. The lowest BCUT2D eigenvalue weighted by atomic mass is 10.1. The zero-order chi connectivity index (χ0) is 22.1. The average Bonchev–Trinajstić information content (AvgIpc) is 2.79. The third kappa shape index (κ3) is 6.59. The van der Waals surface area contributed by atoms with Crippen LogP contribution in [0, 0.1) is 14.9 Å². The minimum absolute atomic E-state index is 0.00106. The third-order valence-corrected chi connectivity index (χ3v) is 5.00. The Balaban J connectivity index is 1.77. The number of nitriles is 1. The van der Waals surface area contributed by atoms with E-state index in [1.807, 2.05) is 55.5 Å². The molecule has 0 saturated carbocycles. The molecule has 3 aromatic rings. The predicted octanol–water partition coefficient (Wildman–Crippen LogP) is 5.81. The quantitative estimate of drug-likeness (QED) is 0.229. The summed E-state index contributed by atoms with van der Waals surface area (Å²) >= 11 is 2.26. The highest BCUT2D eigenvalue weighted by molar-refractivity contribution is 14.1. The number of carbonyl (C=O) groups is 1. The Morgan fingerprint density at radius 2 is 1.77 bits per heavy atom. The maximum absolute atomic E-state index is 12.5. The van der Waals surface area contributed by atoms with E-state index in [4.69, 9.17) is 9.47 Å². The summed E-state index contributed by atoms with van der Waals surface area (Å²) in [5.41, 5.74) is 2.35. The van der Waals surface area contributed by atoms with Gasteiger partial charge in [-0.3, -0.25) is 4.79 Å². The van der Waals surface area contributed by atoms with E-state index in [9.17, 15) is 10.1 Å². The first-order chi connectivity index (χ1) is 15.1. The number of rotatable bonds is 8. The minimum Gasteiger partial charge on any atom is -0.490 e. The molecule has 0 spiro atoms. The van der Waals surface area contributed by atoms with Crippen LogP contribution >= 0.6 is 22.6 Å². The highest BCUT2D eigenvalue weighted by Crippen LogP contribution is 2.30. The molecule has 6 heteroatoms. The summed E-state index contributed by atoms with van der Waals surface area (Å²) in [7, 11) is 0. The number of halogens is 1. The van der Waals surface area contributed by atoms with Crippen LogP contribution in [0.3, 0.4) is 0 Å². The molecule has 0 saturated heterocycles. The van der Waals surface area contributed by atoms with Crippen molar-refractivity contribution in [2.75, 3.05) is 11.9 Å². The first kappa shape index (κ1) is 22.4. The number of amides is 1. The smallest absolute Gasteiger partial charge is 0.266 e. The Bertz CT molecular complexity index is 1100. The fourth-order valence-corrected chi connectivity index (χ4v) is 3.14. The minimum atomic E-state index is -0.467. The first-order valence-corrected chi connectivity index (χ1v) is 10.8. The normalized spacial score (nSPS) is 10.8. The molecule has 5 nitrogen and oxygen atoms in total. The van der Waals surface area contributed by atoms with Crippen LogP contribution < -0.4 is 14.8 Å². The largest absolute Gasteiger partial charge is 0.490 e. The number of nitrogens with zero attached hydrogens (tertiary/aromatic N) is 1. The molecule has 0 aliphatic carbocycles. The molecule has 156 valence electrons. The van der Waals surface area contributed by atoms with Crippen molar-refractivity contribution >= 4 is 40.3 Å². The molecule has 0 unspecified atom stereocenters. The van der Waals surface area contributed by atoms with Crippen LogP contribution in [0.5, 0.6) is 11.5 Å². The number of para-hydroxylation sites is 1. The Morgan fingerprint density at radius 3 is 2.45 bits per heavy atom. The number of hydrogen-bond donors (Lipinski definition) is 1. The van der Waals surface area contributed by atoms with Gasteiger partial charge in [-0.15, -0.1) is 0 Å². The van der Waals surface area contributed by atoms with E-state index in [1.165, 1.54) is 6.08 Å². The van der Waals surface area contributed by atoms with E-state index in [0.29, 0.717) is 36.0 Å². The Morgan fingerprint density at radius 1 is 1.03 bits per heavy atom. The fourth-order valence-electron chi connectivity index (χ4n) is 2.78. The van der Waals surface area contributed by atoms with Crippen molar-refractivity contribution in [2.45, 2.75) is 13.5 Å². The third-order valence-electron chi connectivity index (χ3n) is 4.28. The second-order valence-electron chi connectivity index (χ2n) is 6.54. The Hall–Kier alpha value is -3.31. The van der Waals surface area contributed by atoms with Crippen LogP contribution in [0.25, 0.3) is 6.08 Å². The van der Waals surface area contributed by atoms with Gasteiger partial charge in [0.15, 0.2) is 11.5 Å². The zero-order valence-electron chi connectivity index (χ0n) is 17.0. The lowest BCUT2D eigenvalue weighted by Gasteiger charge is -2.13. The average molecular weight is 524 g/mol. The molecular weight excluding hydrogens is 503 g/mol. The fraction of sp³-hybridized carbons (Fsp3) is 0.120. The van der Waals surface area contributed by atoms with Crippen LogP contribution in [0.4, 0.5) is 5.69 Å². The van der Waals surface area contributed by atoms with Crippen LogP contribution in [0.15, 0.2) is 78.4 Å². The van der Waals surface area contributed by atoms with Crippen molar-refractivity contribution in [3.8, 4) is 17.6 Å². The van der Waals surface area contributed by atoms with E-state index < -0.39 is 5.91 Å². The molecule has 0 atom stereocenters. The standard InChI is InChI=1S/C25H21IN2O3/c1-2-30-24-15-19(10-13-23(24)31-17-18-8-11-21(26)12-9-18)14-20(16-27)25(29)28-22-6-4-3-5-7-22/h3-15H,2,17H2,1H3,(H,28,29)/b20-14-. The monoisotopic (exact) mass is 524 g/mol. The van der Waals surface area contributed by atoms with Crippen LogP contribution in [-0.2, 0) is 11.4 Å². The van der Waals surface area contributed by atoms with Crippen molar-refractivity contribution in [3.63, 3.8) is 0 Å².